The molecule has 1 aliphatic rings. The van der Waals surface area contributed by atoms with Crippen molar-refractivity contribution >= 4 is 63.1 Å². The number of fused-ring (bicyclic) bond motifs is 1. The van der Waals surface area contributed by atoms with E-state index in [-0.39, 0.29) is 17.7 Å². The molecular formula is C19H12Cl2N2O2S. The third-order valence-corrected chi connectivity index (χ3v) is 5.75. The molecule has 0 radical (unpaired) electrons. The second-order valence-corrected chi connectivity index (χ2v) is 7.61. The van der Waals surface area contributed by atoms with Gasteiger partial charge in [0.1, 0.15) is 0 Å². The third-order valence-electron chi connectivity index (χ3n) is 4.11. The van der Waals surface area contributed by atoms with Crippen LogP contribution in [0.1, 0.15) is 11.1 Å². The van der Waals surface area contributed by atoms with E-state index in [2.05, 4.69) is 4.98 Å². The number of hydrogen-bond acceptors (Lipinski definition) is 3. The standard InChI is InChI=1S/C19H12Cl2N2O2S/c20-14-6-5-11(7-15(14)21)10-23-18(24)17(26-19(23)25)8-12-9-22-16-4-2-1-3-13(12)16/h1-9,22H,10H2/b17-8+. The minimum atomic E-state index is -0.309. The number of carbonyl (C=O) groups is 2. The number of nitrogens with one attached hydrogen (secondary N) is 1. The van der Waals surface area contributed by atoms with Crippen LogP contribution in [0.25, 0.3) is 17.0 Å². The second-order valence-electron chi connectivity index (χ2n) is 5.81. The number of carbonyl (C=O) groups excluding carboxylic acids is 2. The molecule has 2 amide bonds. The van der Waals surface area contributed by atoms with Crippen LogP contribution >= 0.6 is 35.0 Å². The summed E-state index contributed by atoms with van der Waals surface area (Å²) in [6, 6.07) is 12.9. The van der Waals surface area contributed by atoms with Gasteiger partial charge in [0.25, 0.3) is 11.1 Å². The SMILES string of the molecule is O=C1S/C(=C/c2c[nH]c3ccccc23)C(=O)N1Cc1ccc(Cl)c(Cl)c1. The Morgan fingerprint density at radius 1 is 1.08 bits per heavy atom. The summed E-state index contributed by atoms with van der Waals surface area (Å²) >= 11 is 12.9. The van der Waals surface area contributed by atoms with E-state index in [0.29, 0.717) is 15.0 Å². The number of amides is 2. The van der Waals surface area contributed by atoms with Crippen molar-refractivity contribution in [1.82, 2.24) is 9.88 Å². The number of aromatic nitrogens is 1. The van der Waals surface area contributed by atoms with E-state index in [1.54, 1.807) is 24.3 Å². The molecule has 26 heavy (non-hydrogen) atoms. The van der Waals surface area contributed by atoms with Gasteiger partial charge in [-0.25, -0.2) is 0 Å². The van der Waals surface area contributed by atoms with Crippen molar-refractivity contribution in [2.45, 2.75) is 6.54 Å². The summed E-state index contributed by atoms with van der Waals surface area (Å²) in [6.45, 7) is 0.160. The topological polar surface area (TPSA) is 53.2 Å². The molecule has 4 nitrogen and oxygen atoms in total. The highest BCUT2D eigenvalue weighted by Crippen LogP contribution is 2.35. The predicted molar refractivity (Wildman–Crippen MR) is 106 cm³/mol. The van der Waals surface area contributed by atoms with Crippen molar-refractivity contribution in [3.05, 3.63) is 74.7 Å². The number of thioether (sulfide) groups is 1. The molecule has 2 aromatic carbocycles. The average molecular weight is 403 g/mol. The number of aromatic amines is 1. The van der Waals surface area contributed by atoms with Crippen LogP contribution in [0.3, 0.4) is 0 Å². The van der Waals surface area contributed by atoms with Crippen LogP contribution in [0.4, 0.5) is 4.79 Å². The van der Waals surface area contributed by atoms with Gasteiger partial charge in [-0.05, 0) is 41.6 Å². The summed E-state index contributed by atoms with van der Waals surface area (Å²) in [4.78, 5) is 29.8. The largest absolute Gasteiger partial charge is 0.361 e. The first-order valence-corrected chi connectivity index (χ1v) is 9.35. The Kier molecular flexibility index (Phi) is 4.53. The molecule has 0 bridgehead atoms. The molecule has 2 heterocycles. The summed E-state index contributed by atoms with van der Waals surface area (Å²) in [5.41, 5.74) is 2.60. The van der Waals surface area contributed by atoms with Gasteiger partial charge in [0.05, 0.1) is 21.5 Å². The van der Waals surface area contributed by atoms with Gasteiger partial charge >= 0.3 is 0 Å². The van der Waals surface area contributed by atoms with Crippen LogP contribution in [0.5, 0.6) is 0 Å². The number of nitrogens with zero attached hydrogens (tertiary/aromatic N) is 1. The lowest BCUT2D eigenvalue weighted by Gasteiger charge is -2.12. The molecule has 130 valence electrons. The molecule has 1 N–H and O–H groups in total. The molecule has 0 atom stereocenters. The normalized spacial score (nSPS) is 16.2. The molecule has 0 saturated carbocycles. The maximum absolute atomic E-state index is 12.7. The van der Waals surface area contributed by atoms with Crippen molar-refractivity contribution in [3.63, 3.8) is 0 Å². The minimum absolute atomic E-state index is 0.160. The number of rotatable bonds is 3. The molecule has 3 aromatic rings. The molecule has 0 spiro atoms. The molecule has 4 rings (SSSR count). The highest BCUT2D eigenvalue weighted by atomic mass is 35.5. The van der Waals surface area contributed by atoms with Crippen molar-refractivity contribution in [3.8, 4) is 0 Å². The Morgan fingerprint density at radius 3 is 2.69 bits per heavy atom. The first kappa shape index (κ1) is 17.2. The van der Waals surface area contributed by atoms with E-state index < -0.39 is 0 Å². The molecule has 7 heteroatoms. The minimum Gasteiger partial charge on any atom is -0.361 e. The van der Waals surface area contributed by atoms with Gasteiger partial charge in [-0.15, -0.1) is 0 Å². The first-order valence-electron chi connectivity index (χ1n) is 7.78. The van der Waals surface area contributed by atoms with Crippen molar-refractivity contribution in [1.29, 1.82) is 0 Å². The fraction of sp³-hybridized carbons (Fsp3) is 0.0526. The van der Waals surface area contributed by atoms with Gasteiger partial charge in [0.15, 0.2) is 0 Å². The van der Waals surface area contributed by atoms with Gasteiger partial charge in [0, 0.05) is 22.7 Å². The van der Waals surface area contributed by atoms with Gasteiger partial charge in [-0.2, -0.15) is 0 Å². The lowest BCUT2D eigenvalue weighted by atomic mass is 10.1. The van der Waals surface area contributed by atoms with Crippen LogP contribution in [0, 0.1) is 0 Å². The number of para-hydroxylation sites is 1. The molecule has 1 aromatic heterocycles. The Morgan fingerprint density at radius 2 is 1.88 bits per heavy atom. The molecular weight excluding hydrogens is 391 g/mol. The van der Waals surface area contributed by atoms with Crippen LogP contribution in [-0.2, 0) is 11.3 Å². The maximum atomic E-state index is 12.7. The van der Waals surface area contributed by atoms with Gasteiger partial charge in [0.2, 0.25) is 0 Å². The summed E-state index contributed by atoms with van der Waals surface area (Å²) in [6.07, 6.45) is 3.58. The monoisotopic (exact) mass is 402 g/mol. The zero-order valence-corrected chi connectivity index (χ0v) is 15.7. The van der Waals surface area contributed by atoms with E-state index in [9.17, 15) is 9.59 Å². The first-order chi connectivity index (χ1) is 12.5. The highest BCUT2D eigenvalue weighted by Gasteiger charge is 2.35. The molecule has 1 fully saturated rings. The smallest absolute Gasteiger partial charge is 0.293 e. The second kappa shape index (κ2) is 6.83. The highest BCUT2D eigenvalue weighted by molar-refractivity contribution is 8.18. The molecule has 0 aliphatic carbocycles. The Balaban J connectivity index is 1.61. The summed E-state index contributed by atoms with van der Waals surface area (Å²) < 4.78 is 0. The Hall–Kier alpha value is -2.21. The fourth-order valence-corrected chi connectivity index (χ4v) is 3.96. The summed E-state index contributed by atoms with van der Waals surface area (Å²) in [7, 11) is 0. The number of benzene rings is 2. The zero-order valence-electron chi connectivity index (χ0n) is 13.3. The Bertz CT molecular complexity index is 1070. The lowest BCUT2D eigenvalue weighted by molar-refractivity contribution is -0.123. The maximum Gasteiger partial charge on any atom is 0.293 e. The van der Waals surface area contributed by atoms with E-state index in [0.717, 1.165) is 33.8 Å². The van der Waals surface area contributed by atoms with Crippen molar-refractivity contribution in [2.75, 3.05) is 0 Å². The number of imide groups is 1. The van der Waals surface area contributed by atoms with Gasteiger partial charge < -0.3 is 4.98 Å². The van der Waals surface area contributed by atoms with E-state index in [4.69, 9.17) is 23.2 Å². The number of halogens is 2. The average Bonchev–Trinajstić information content (AvgIpc) is 3.15. The van der Waals surface area contributed by atoms with Crippen LogP contribution in [0.2, 0.25) is 10.0 Å². The van der Waals surface area contributed by atoms with Gasteiger partial charge in [-0.1, -0.05) is 47.5 Å². The number of H-pyrrole nitrogens is 1. The third kappa shape index (κ3) is 3.14. The molecule has 1 saturated heterocycles. The van der Waals surface area contributed by atoms with E-state index >= 15 is 0 Å². The molecule has 0 unspecified atom stereocenters. The van der Waals surface area contributed by atoms with Crippen molar-refractivity contribution in [2.24, 2.45) is 0 Å². The van der Waals surface area contributed by atoms with Crippen LogP contribution in [0.15, 0.2) is 53.6 Å². The van der Waals surface area contributed by atoms with E-state index in [1.807, 2.05) is 30.5 Å². The quantitative estimate of drug-likeness (QED) is 0.570. The fourth-order valence-electron chi connectivity index (χ4n) is 2.81. The predicted octanol–water partition coefficient (Wildman–Crippen LogP) is 5.71. The van der Waals surface area contributed by atoms with Crippen LogP contribution < -0.4 is 0 Å². The number of hydrogen-bond donors (Lipinski definition) is 1. The molecule has 1 aliphatic heterocycles. The van der Waals surface area contributed by atoms with Crippen LogP contribution in [-0.4, -0.2) is 21.0 Å². The Labute approximate surface area is 163 Å². The van der Waals surface area contributed by atoms with Gasteiger partial charge in [-0.3, -0.25) is 14.5 Å². The lowest BCUT2D eigenvalue weighted by Crippen LogP contribution is -2.27. The van der Waals surface area contributed by atoms with Crippen molar-refractivity contribution < 1.29 is 9.59 Å². The summed E-state index contributed by atoms with van der Waals surface area (Å²) in [5.74, 6) is -0.309. The van der Waals surface area contributed by atoms with E-state index in [1.165, 1.54) is 4.90 Å². The summed E-state index contributed by atoms with van der Waals surface area (Å²) in [5, 5.41) is 1.53. The zero-order chi connectivity index (χ0) is 18.3.